The molecule has 1 aliphatic heterocycles. The van der Waals surface area contributed by atoms with Crippen LogP contribution in [0.5, 0.6) is 11.8 Å². The molecule has 0 saturated heterocycles. The summed E-state index contributed by atoms with van der Waals surface area (Å²) in [4.78, 5) is 19.9. The fourth-order valence-corrected chi connectivity index (χ4v) is 4.18. The van der Waals surface area contributed by atoms with Gasteiger partial charge in [-0.2, -0.15) is 9.97 Å². The number of carbonyl (C=O) groups is 1. The molecule has 9 nitrogen and oxygen atoms in total. The zero-order chi connectivity index (χ0) is 21.5. The highest BCUT2D eigenvalue weighted by molar-refractivity contribution is 5.86. The van der Waals surface area contributed by atoms with E-state index in [2.05, 4.69) is 25.8 Å². The quantitative estimate of drug-likeness (QED) is 0.502. The van der Waals surface area contributed by atoms with E-state index in [4.69, 9.17) is 14.0 Å². The van der Waals surface area contributed by atoms with Crippen molar-refractivity contribution in [3.8, 4) is 34.6 Å². The van der Waals surface area contributed by atoms with Gasteiger partial charge in [-0.3, -0.25) is 4.79 Å². The SMILES string of the molecule is COc1ccc(-c2nc(-c3ccc4c(c3)cc3n4CC[C@H]3CC(=O)O)no2)c(OC)n1. The Labute approximate surface area is 177 Å². The molecule has 0 unspecified atom stereocenters. The Morgan fingerprint density at radius 2 is 2.06 bits per heavy atom. The Bertz CT molecular complexity index is 1290. The van der Waals surface area contributed by atoms with E-state index in [0.29, 0.717) is 29.0 Å². The number of aromatic nitrogens is 4. The van der Waals surface area contributed by atoms with Crippen molar-refractivity contribution in [2.75, 3.05) is 14.2 Å². The molecule has 0 fully saturated rings. The molecule has 1 atom stereocenters. The largest absolute Gasteiger partial charge is 0.481 e. The van der Waals surface area contributed by atoms with E-state index in [1.807, 2.05) is 18.2 Å². The summed E-state index contributed by atoms with van der Waals surface area (Å²) in [5.74, 6) is 0.769. The Morgan fingerprint density at radius 1 is 1.19 bits per heavy atom. The summed E-state index contributed by atoms with van der Waals surface area (Å²) in [6.07, 6.45) is 1.00. The van der Waals surface area contributed by atoms with Gasteiger partial charge in [0.2, 0.25) is 17.6 Å². The number of hydrogen-bond donors (Lipinski definition) is 1. The number of carboxylic acids is 1. The van der Waals surface area contributed by atoms with Gasteiger partial charge in [0.05, 0.1) is 20.6 Å². The van der Waals surface area contributed by atoms with Crippen LogP contribution < -0.4 is 9.47 Å². The van der Waals surface area contributed by atoms with Crippen molar-refractivity contribution in [3.05, 3.63) is 42.1 Å². The first-order valence-electron chi connectivity index (χ1n) is 9.86. The number of benzene rings is 1. The average molecular weight is 420 g/mol. The molecule has 158 valence electrons. The molecule has 0 amide bonds. The van der Waals surface area contributed by atoms with Crippen LogP contribution in [0, 0.1) is 0 Å². The zero-order valence-corrected chi connectivity index (χ0v) is 17.0. The van der Waals surface area contributed by atoms with Crippen LogP contribution in [0.1, 0.15) is 24.5 Å². The minimum atomic E-state index is -0.771. The number of rotatable bonds is 6. The van der Waals surface area contributed by atoms with Crippen LogP contribution in [0.25, 0.3) is 33.7 Å². The van der Waals surface area contributed by atoms with Crippen molar-refractivity contribution >= 4 is 16.9 Å². The van der Waals surface area contributed by atoms with Crippen LogP contribution in [-0.4, -0.2) is 45.0 Å². The van der Waals surface area contributed by atoms with Crippen molar-refractivity contribution in [1.82, 2.24) is 19.7 Å². The van der Waals surface area contributed by atoms with Crippen molar-refractivity contribution in [2.45, 2.75) is 25.3 Å². The normalized spacial score (nSPS) is 15.2. The lowest BCUT2D eigenvalue weighted by Crippen LogP contribution is -2.02. The molecule has 0 saturated carbocycles. The van der Waals surface area contributed by atoms with Gasteiger partial charge in [-0.25, -0.2) is 0 Å². The van der Waals surface area contributed by atoms with Crippen LogP contribution in [-0.2, 0) is 11.3 Å². The van der Waals surface area contributed by atoms with E-state index in [1.165, 1.54) is 14.2 Å². The summed E-state index contributed by atoms with van der Waals surface area (Å²) in [6.45, 7) is 0.826. The summed E-state index contributed by atoms with van der Waals surface area (Å²) in [5, 5.41) is 14.3. The minimum absolute atomic E-state index is 0.0418. The highest BCUT2D eigenvalue weighted by atomic mass is 16.5. The lowest BCUT2D eigenvalue weighted by atomic mass is 10.0. The summed E-state index contributed by atoms with van der Waals surface area (Å²) >= 11 is 0. The van der Waals surface area contributed by atoms with Gasteiger partial charge in [-0.05, 0) is 36.8 Å². The molecular weight excluding hydrogens is 400 g/mol. The molecule has 4 aromatic rings. The van der Waals surface area contributed by atoms with Gasteiger partial charge in [0.15, 0.2) is 0 Å². The van der Waals surface area contributed by atoms with Gasteiger partial charge in [-0.15, -0.1) is 0 Å². The van der Waals surface area contributed by atoms with Gasteiger partial charge in [0, 0.05) is 40.7 Å². The molecule has 4 heterocycles. The molecule has 0 aliphatic carbocycles. The molecule has 1 aliphatic rings. The number of nitrogens with zero attached hydrogens (tertiary/aromatic N) is 4. The standard InChI is InChI=1S/C22H20N4O5/c1-29-18-6-4-15(21(23-18)30-2)22-24-20(25-31-22)13-3-5-16-14(9-13)10-17-12(11-19(27)28)7-8-26(16)17/h3-6,9-10,12H,7-8,11H2,1-2H3,(H,27,28)/t12-/m0/s1. The monoisotopic (exact) mass is 420 g/mol. The average Bonchev–Trinajstić information content (AvgIpc) is 3.49. The second-order valence-electron chi connectivity index (χ2n) is 7.41. The molecule has 0 bridgehead atoms. The van der Waals surface area contributed by atoms with E-state index in [1.54, 1.807) is 12.1 Å². The topological polar surface area (TPSA) is 113 Å². The first-order valence-corrected chi connectivity index (χ1v) is 9.86. The molecule has 3 aromatic heterocycles. The van der Waals surface area contributed by atoms with E-state index < -0.39 is 5.97 Å². The van der Waals surface area contributed by atoms with Crippen LogP contribution in [0.15, 0.2) is 40.9 Å². The number of carboxylic acid groups (broad SMARTS) is 1. The lowest BCUT2D eigenvalue weighted by Gasteiger charge is -2.05. The number of pyridine rings is 1. The summed E-state index contributed by atoms with van der Waals surface area (Å²) < 4.78 is 18.1. The van der Waals surface area contributed by atoms with Crippen molar-refractivity contribution in [3.63, 3.8) is 0 Å². The molecule has 5 rings (SSSR count). The number of aryl methyl sites for hydroxylation is 1. The van der Waals surface area contributed by atoms with Gasteiger partial charge in [-0.1, -0.05) is 5.16 Å². The van der Waals surface area contributed by atoms with Crippen LogP contribution >= 0.6 is 0 Å². The number of hydrogen-bond acceptors (Lipinski definition) is 7. The van der Waals surface area contributed by atoms with Crippen molar-refractivity contribution in [1.29, 1.82) is 0 Å². The third kappa shape index (κ3) is 3.27. The van der Waals surface area contributed by atoms with E-state index in [0.717, 1.165) is 35.1 Å². The second kappa shape index (κ2) is 7.42. The van der Waals surface area contributed by atoms with E-state index in [-0.39, 0.29) is 12.3 Å². The van der Waals surface area contributed by atoms with Gasteiger partial charge >= 0.3 is 5.97 Å². The Balaban J connectivity index is 1.49. The minimum Gasteiger partial charge on any atom is -0.481 e. The molecule has 9 heteroatoms. The fourth-order valence-electron chi connectivity index (χ4n) is 4.18. The molecule has 0 spiro atoms. The number of methoxy groups -OCH3 is 2. The first kappa shape index (κ1) is 19.1. The Morgan fingerprint density at radius 3 is 2.84 bits per heavy atom. The zero-order valence-electron chi connectivity index (χ0n) is 17.0. The van der Waals surface area contributed by atoms with Gasteiger partial charge < -0.3 is 23.7 Å². The fraction of sp³-hybridized carbons (Fsp3) is 0.273. The lowest BCUT2D eigenvalue weighted by molar-refractivity contribution is -0.137. The molecule has 0 radical (unpaired) electrons. The predicted molar refractivity (Wildman–Crippen MR) is 111 cm³/mol. The number of aliphatic carboxylic acids is 1. The van der Waals surface area contributed by atoms with E-state index >= 15 is 0 Å². The summed E-state index contributed by atoms with van der Waals surface area (Å²) in [6, 6.07) is 11.5. The smallest absolute Gasteiger partial charge is 0.304 e. The van der Waals surface area contributed by atoms with Crippen LogP contribution in [0.3, 0.4) is 0 Å². The number of fused-ring (bicyclic) bond motifs is 3. The molecule has 31 heavy (non-hydrogen) atoms. The summed E-state index contributed by atoms with van der Waals surface area (Å²) in [7, 11) is 3.05. The van der Waals surface area contributed by atoms with Gasteiger partial charge in [0.25, 0.3) is 5.89 Å². The van der Waals surface area contributed by atoms with Crippen molar-refractivity contribution in [2.24, 2.45) is 0 Å². The Hall–Kier alpha value is -3.88. The van der Waals surface area contributed by atoms with Gasteiger partial charge in [0.1, 0.15) is 5.56 Å². The molecule has 1 aromatic carbocycles. The van der Waals surface area contributed by atoms with Crippen LogP contribution in [0.4, 0.5) is 0 Å². The third-order valence-corrected chi connectivity index (χ3v) is 5.63. The van der Waals surface area contributed by atoms with Crippen molar-refractivity contribution < 1.29 is 23.9 Å². The highest BCUT2D eigenvalue weighted by Gasteiger charge is 2.27. The van der Waals surface area contributed by atoms with E-state index in [9.17, 15) is 9.90 Å². The molecular formula is C22H20N4O5. The summed E-state index contributed by atoms with van der Waals surface area (Å²) in [5.41, 5.74) is 3.53. The third-order valence-electron chi connectivity index (χ3n) is 5.63. The first-order chi connectivity index (χ1) is 15.1. The number of ether oxygens (including phenoxy) is 2. The maximum atomic E-state index is 11.2. The van der Waals surface area contributed by atoms with Crippen LogP contribution in [0.2, 0.25) is 0 Å². The predicted octanol–water partition coefficient (Wildman–Crippen LogP) is 3.73. The Kier molecular flexibility index (Phi) is 4.58. The maximum Gasteiger partial charge on any atom is 0.304 e. The maximum absolute atomic E-state index is 11.2. The highest BCUT2D eigenvalue weighted by Crippen LogP contribution is 2.37. The second-order valence-corrected chi connectivity index (χ2v) is 7.41. The molecule has 1 N–H and O–H groups in total.